The Bertz CT molecular complexity index is 233. The van der Waals surface area contributed by atoms with Crippen LogP contribution in [-0.2, 0) is 4.74 Å². The molecule has 1 aliphatic carbocycles. The highest BCUT2D eigenvalue weighted by Gasteiger charge is 2.31. The van der Waals surface area contributed by atoms with E-state index >= 15 is 0 Å². The van der Waals surface area contributed by atoms with Crippen LogP contribution < -0.4 is 5.32 Å². The average molecular weight is 224 g/mol. The first-order chi connectivity index (χ1) is 7.70. The fourth-order valence-electron chi connectivity index (χ4n) is 1.77. The summed E-state index contributed by atoms with van der Waals surface area (Å²) < 4.78 is 5.42. The van der Waals surface area contributed by atoms with Crippen molar-refractivity contribution in [2.24, 2.45) is 0 Å². The average Bonchev–Trinajstić information content (AvgIpc) is 3.07. The summed E-state index contributed by atoms with van der Waals surface area (Å²) in [6.07, 6.45) is 6.60. The molecule has 0 aliphatic heterocycles. The quantitative estimate of drug-likeness (QED) is 0.612. The third-order valence-electron chi connectivity index (χ3n) is 2.91. The van der Waals surface area contributed by atoms with Crippen LogP contribution in [0.1, 0.15) is 52.4 Å². The molecule has 0 aromatic carbocycles. The van der Waals surface area contributed by atoms with Crippen molar-refractivity contribution >= 4 is 0 Å². The molecule has 0 radical (unpaired) electrons. The van der Waals surface area contributed by atoms with Crippen LogP contribution in [0.3, 0.4) is 0 Å². The molecule has 92 valence electrons. The molecule has 1 rings (SSSR count). The lowest BCUT2D eigenvalue weighted by atomic mass is 9.96. The number of hydrogen-bond donors (Lipinski definition) is 1. The zero-order chi connectivity index (χ0) is 11.9. The van der Waals surface area contributed by atoms with Crippen molar-refractivity contribution in [3.63, 3.8) is 0 Å². The Hall–Kier alpha value is -0.590. The van der Waals surface area contributed by atoms with Gasteiger partial charge in [0, 0.05) is 19.3 Å². The van der Waals surface area contributed by atoms with Gasteiger partial charge in [-0.3, -0.25) is 5.32 Å². The van der Waals surface area contributed by atoms with Gasteiger partial charge in [-0.25, -0.2) is 0 Å². The SMILES string of the molecule is CCCOCCCCC(C)(C#N)NC1CC1. The summed E-state index contributed by atoms with van der Waals surface area (Å²) in [7, 11) is 0. The zero-order valence-corrected chi connectivity index (χ0v) is 10.6. The van der Waals surface area contributed by atoms with Crippen molar-refractivity contribution in [3.05, 3.63) is 0 Å². The minimum Gasteiger partial charge on any atom is -0.381 e. The van der Waals surface area contributed by atoms with Crippen molar-refractivity contribution in [3.8, 4) is 6.07 Å². The van der Waals surface area contributed by atoms with Crippen LogP contribution in [0, 0.1) is 11.3 Å². The summed E-state index contributed by atoms with van der Waals surface area (Å²) >= 11 is 0. The van der Waals surface area contributed by atoms with Gasteiger partial charge in [0.1, 0.15) is 5.54 Å². The normalized spacial score (nSPS) is 19.1. The molecule has 1 atom stereocenters. The van der Waals surface area contributed by atoms with E-state index in [0.717, 1.165) is 38.9 Å². The van der Waals surface area contributed by atoms with Gasteiger partial charge in [-0.05, 0) is 45.4 Å². The number of rotatable bonds is 9. The summed E-state index contributed by atoms with van der Waals surface area (Å²) in [5.41, 5.74) is -0.327. The van der Waals surface area contributed by atoms with E-state index < -0.39 is 0 Å². The molecule has 3 heteroatoms. The molecule has 0 amide bonds. The van der Waals surface area contributed by atoms with Gasteiger partial charge in [-0.1, -0.05) is 6.92 Å². The standard InChI is InChI=1S/C13H24N2O/c1-3-9-16-10-5-4-8-13(2,11-14)15-12-6-7-12/h12,15H,3-10H2,1-2H3. The lowest BCUT2D eigenvalue weighted by Crippen LogP contribution is -2.42. The maximum Gasteiger partial charge on any atom is 0.104 e. The van der Waals surface area contributed by atoms with Crippen LogP contribution in [-0.4, -0.2) is 24.8 Å². The lowest BCUT2D eigenvalue weighted by molar-refractivity contribution is 0.129. The van der Waals surface area contributed by atoms with Gasteiger partial charge >= 0.3 is 0 Å². The molecule has 0 spiro atoms. The molecule has 1 unspecified atom stereocenters. The van der Waals surface area contributed by atoms with Crippen molar-refractivity contribution < 1.29 is 4.74 Å². The molecule has 1 aliphatic rings. The number of unbranched alkanes of at least 4 members (excludes halogenated alkanes) is 1. The molecule has 0 heterocycles. The first-order valence-corrected chi connectivity index (χ1v) is 6.47. The van der Waals surface area contributed by atoms with Crippen molar-refractivity contribution in [1.29, 1.82) is 5.26 Å². The number of hydrogen-bond acceptors (Lipinski definition) is 3. The number of nitrogens with one attached hydrogen (secondary N) is 1. The largest absolute Gasteiger partial charge is 0.381 e. The first kappa shape index (κ1) is 13.5. The third kappa shape index (κ3) is 5.48. The van der Waals surface area contributed by atoms with E-state index in [0.29, 0.717) is 6.04 Å². The summed E-state index contributed by atoms with van der Waals surface area (Å²) in [4.78, 5) is 0. The Labute approximate surface area is 99.2 Å². The van der Waals surface area contributed by atoms with Crippen LogP contribution in [0.4, 0.5) is 0 Å². The van der Waals surface area contributed by atoms with E-state index in [4.69, 9.17) is 10.00 Å². The molecule has 0 saturated heterocycles. The molecule has 1 N–H and O–H groups in total. The second-order valence-electron chi connectivity index (χ2n) is 4.93. The molecular formula is C13H24N2O. The highest BCUT2D eigenvalue weighted by molar-refractivity contribution is 5.06. The van der Waals surface area contributed by atoms with Crippen molar-refractivity contribution in [2.75, 3.05) is 13.2 Å². The number of nitriles is 1. The van der Waals surface area contributed by atoms with E-state index in [-0.39, 0.29) is 5.54 Å². The molecule has 0 bridgehead atoms. The van der Waals surface area contributed by atoms with Gasteiger partial charge in [-0.15, -0.1) is 0 Å². The van der Waals surface area contributed by atoms with Gasteiger partial charge < -0.3 is 4.74 Å². The zero-order valence-electron chi connectivity index (χ0n) is 10.6. The molecule has 3 nitrogen and oxygen atoms in total. The lowest BCUT2D eigenvalue weighted by Gasteiger charge is -2.23. The molecule has 1 fully saturated rings. The monoisotopic (exact) mass is 224 g/mol. The maximum absolute atomic E-state index is 9.16. The summed E-state index contributed by atoms with van der Waals surface area (Å²) in [5.74, 6) is 0. The van der Waals surface area contributed by atoms with Crippen molar-refractivity contribution in [2.45, 2.75) is 64.0 Å². The predicted molar refractivity (Wildman–Crippen MR) is 65.1 cm³/mol. The Morgan fingerprint density at radius 3 is 2.69 bits per heavy atom. The molecule has 16 heavy (non-hydrogen) atoms. The minimum atomic E-state index is -0.327. The third-order valence-corrected chi connectivity index (χ3v) is 2.91. The highest BCUT2D eigenvalue weighted by Crippen LogP contribution is 2.24. The van der Waals surface area contributed by atoms with Crippen LogP contribution in [0.25, 0.3) is 0 Å². The number of ether oxygens (including phenoxy) is 1. The summed E-state index contributed by atoms with van der Waals surface area (Å²) in [6, 6.07) is 3.00. The van der Waals surface area contributed by atoms with Gasteiger partial charge in [0.05, 0.1) is 6.07 Å². The molecule has 0 aromatic rings. The van der Waals surface area contributed by atoms with Crippen LogP contribution >= 0.6 is 0 Å². The first-order valence-electron chi connectivity index (χ1n) is 6.47. The van der Waals surface area contributed by atoms with E-state index in [9.17, 15) is 0 Å². The summed E-state index contributed by atoms with van der Waals surface area (Å²) in [6.45, 7) is 5.82. The molecule has 1 saturated carbocycles. The Kier molecular flexibility index (Phi) is 5.79. The van der Waals surface area contributed by atoms with Gasteiger partial charge in [0.15, 0.2) is 0 Å². The van der Waals surface area contributed by atoms with Gasteiger partial charge in [0.25, 0.3) is 0 Å². The fourth-order valence-corrected chi connectivity index (χ4v) is 1.77. The highest BCUT2D eigenvalue weighted by atomic mass is 16.5. The topological polar surface area (TPSA) is 45.0 Å². The van der Waals surface area contributed by atoms with E-state index in [1.165, 1.54) is 12.8 Å². The molecule has 0 aromatic heterocycles. The van der Waals surface area contributed by atoms with Crippen LogP contribution in [0.2, 0.25) is 0 Å². The summed E-state index contributed by atoms with van der Waals surface area (Å²) in [5, 5.41) is 12.6. The van der Waals surface area contributed by atoms with E-state index in [1.807, 2.05) is 6.92 Å². The maximum atomic E-state index is 9.16. The Morgan fingerprint density at radius 1 is 1.38 bits per heavy atom. The Balaban J connectivity index is 2.06. The van der Waals surface area contributed by atoms with Crippen molar-refractivity contribution in [1.82, 2.24) is 5.32 Å². The second-order valence-corrected chi connectivity index (χ2v) is 4.93. The van der Waals surface area contributed by atoms with Crippen LogP contribution in [0.15, 0.2) is 0 Å². The predicted octanol–water partition coefficient (Wildman–Crippen LogP) is 2.62. The van der Waals surface area contributed by atoms with E-state index in [2.05, 4.69) is 18.3 Å². The molecular weight excluding hydrogens is 200 g/mol. The van der Waals surface area contributed by atoms with Gasteiger partial charge in [0.2, 0.25) is 0 Å². The van der Waals surface area contributed by atoms with E-state index in [1.54, 1.807) is 0 Å². The fraction of sp³-hybridized carbons (Fsp3) is 0.923. The number of nitrogens with zero attached hydrogens (tertiary/aromatic N) is 1. The van der Waals surface area contributed by atoms with Crippen LogP contribution in [0.5, 0.6) is 0 Å². The Morgan fingerprint density at radius 2 is 2.12 bits per heavy atom. The second kappa shape index (κ2) is 6.88. The smallest absolute Gasteiger partial charge is 0.104 e. The van der Waals surface area contributed by atoms with Gasteiger partial charge in [-0.2, -0.15) is 5.26 Å². The minimum absolute atomic E-state index is 0.327.